The summed E-state index contributed by atoms with van der Waals surface area (Å²) in [6.45, 7) is 6.60. The quantitative estimate of drug-likeness (QED) is 0.775. The number of nitrogens with zero attached hydrogens (tertiary/aromatic N) is 1. The number of carbonyl (C=O) groups is 2. The molecule has 0 saturated carbocycles. The molecule has 0 spiro atoms. The molecule has 7 heteroatoms. The summed E-state index contributed by atoms with van der Waals surface area (Å²) in [5.74, 6) is -2.41. The number of likely N-dealkylation sites (tertiary alicyclic amines) is 1. The average Bonchev–Trinajstić information content (AvgIpc) is 2.51. The van der Waals surface area contributed by atoms with Gasteiger partial charge in [0.2, 0.25) is 0 Å². The highest BCUT2D eigenvalue weighted by atomic mass is 19.1. The van der Waals surface area contributed by atoms with E-state index >= 15 is 0 Å². The monoisotopic (exact) mass is 355 g/mol. The molecule has 1 fully saturated rings. The summed E-state index contributed by atoms with van der Waals surface area (Å²) < 4.78 is 36.8. The van der Waals surface area contributed by atoms with E-state index in [0.29, 0.717) is 32.0 Å². The number of ether oxygens (including phenoxy) is 2. The number of carbonyl (C=O) groups excluding carboxylic acids is 2. The Morgan fingerprint density at radius 2 is 1.84 bits per heavy atom. The molecular weight excluding hydrogens is 332 g/mol. The van der Waals surface area contributed by atoms with Crippen LogP contribution in [0.5, 0.6) is 0 Å². The van der Waals surface area contributed by atoms with Crippen molar-refractivity contribution in [3.8, 4) is 0 Å². The van der Waals surface area contributed by atoms with Gasteiger partial charge in [0.05, 0.1) is 12.2 Å². The van der Waals surface area contributed by atoms with E-state index in [9.17, 15) is 18.4 Å². The molecule has 1 amide bonds. The molecule has 0 bridgehead atoms. The number of esters is 1. The highest BCUT2D eigenvalue weighted by Crippen LogP contribution is 2.21. The van der Waals surface area contributed by atoms with Gasteiger partial charge in [0, 0.05) is 19.2 Å². The maximum Gasteiger partial charge on any atom is 0.410 e. The van der Waals surface area contributed by atoms with Crippen LogP contribution in [0.2, 0.25) is 0 Å². The second kappa shape index (κ2) is 7.80. The molecule has 0 N–H and O–H groups in total. The first-order valence-corrected chi connectivity index (χ1v) is 8.26. The summed E-state index contributed by atoms with van der Waals surface area (Å²) in [6, 6.07) is 2.73. The second-order valence-corrected chi connectivity index (χ2v) is 7.13. The van der Waals surface area contributed by atoms with Crippen molar-refractivity contribution in [1.82, 2.24) is 4.90 Å². The molecular formula is C18H23F2NO4. The van der Waals surface area contributed by atoms with Crippen molar-refractivity contribution in [3.63, 3.8) is 0 Å². The molecule has 0 atom stereocenters. The molecule has 1 saturated heterocycles. The van der Waals surface area contributed by atoms with Gasteiger partial charge in [0.15, 0.2) is 0 Å². The standard InChI is InChI=1S/C18H23F2NO4/c1-18(2,3)25-17(23)21-8-6-12(7-9-21)11-24-16(22)14-5-4-13(19)10-15(14)20/h4-5,10,12H,6-9,11H2,1-3H3. The van der Waals surface area contributed by atoms with Crippen molar-refractivity contribution < 1.29 is 27.8 Å². The van der Waals surface area contributed by atoms with Gasteiger partial charge in [0.1, 0.15) is 17.2 Å². The summed E-state index contributed by atoms with van der Waals surface area (Å²) in [5, 5.41) is 0. The van der Waals surface area contributed by atoms with Crippen LogP contribution in [0, 0.1) is 17.6 Å². The SMILES string of the molecule is CC(C)(C)OC(=O)N1CCC(COC(=O)c2ccc(F)cc2F)CC1. The van der Waals surface area contributed by atoms with Crippen LogP contribution >= 0.6 is 0 Å². The van der Waals surface area contributed by atoms with Gasteiger partial charge in [-0.2, -0.15) is 0 Å². The third-order valence-electron chi connectivity index (χ3n) is 3.87. The minimum atomic E-state index is -0.940. The van der Waals surface area contributed by atoms with Crippen molar-refractivity contribution in [1.29, 1.82) is 0 Å². The van der Waals surface area contributed by atoms with Crippen LogP contribution in [0.4, 0.5) is 13.6 Å². The van der Waals surface area contributed by atoms with Crippen LogP contribution in [0.3, 0.4) is 0 Å². The van der Waals surface area contributed by atoms with Crippen LogP contribution in [0.25, 0.3) is 0 Å². The molecule has 1 aliphatic heterocycles. The van der Waals surface area contributed by atoms with Gasteiger partial charge < -0.3 is 14.4 Å². The van der Waals surface area contributed by atoms with E-state index in [4.69, 9.17) is 9.47 Å². The van der Waals surface area contributed by atoms with Crippen LogP contribution in [0.15, 0.2) is 18.2 Å². The number of rotatable bonds is 3. The van der Waals surface area contributed by atoms with Gasteiger partial charge in [-0.3, -0.25) is 0 Å². The Kier molecular flexibility index (Phi) is 5.98. The first-order valence-electron chi connectivity index (χ1n) is 8.26. The minimum Gasteiger partial charge on any atom is -0.462 e. The van der Waals surface area contributed by atoms with Gasteiger partial charge >= 0.3 is 12.1 Å². The normalized spacial score (nSPS) is 15.8. The fraction of sp³-hybridized carbons (Fsp3) is 0.556. The van der Waals surface area contributed by atoms with E-state index in [-0.39, 0.29) is 24.2 Å². The molecule has 1 aromatic rings. The highest BCUT2D eigenvalue weighted by molar-refractivity contribution is 5.89. The predicted octanol–water partition coefficient (Wildman–Crippen LogP) is 3.77. The molecule has 5 nitrogen and oxygen atoms in total. The largest absolute Gasteiger partial charge is 0.462 e. The minimum absolute atomic E-state index is 0.0890. The molecule has 1 heterocycles. The zero-order valence-electron chi connectivity index (χ0n) is 14.7. The third-order valence-corrected chi connectivity index (χ3v) is 3.87. The zero-order chi connectivity index (χ0) is 18.6. The topological polar surface area (TPSA) is 55.8 Å². The van der Waals surface area contributed by atoms with E-state index < -0.39 is 23.2 Å². The number of hydrogen-bond donors (Lipinski definition) is 0. The number of benzene rings is 1. The Morgan fingerprint density at radius 1 is 1.20 bits per heavy atom. The molecule has 25 heavy (non-hydrogen) atoms. The fourth-order valence-corrected chi connectivity index (χ4v) is 2.53. The Labute approximate surface area is 145 Å². The zero-order valence-corrected chi connectivity index (χ0v) is 14.7. The van der Waals surface area contributed by atoms with Crippen LogP contribution in [0.1, 0.15) is 44.0 Å². The van der Waals surface area contributed by atoms with E-state index in [1.807, 2.05) is 20.8 Å². The van der Waals surface area contributed by atoms with Crippen molar-refractivity contribution in [3.05, 3.63) is 35.4 Å². The van der Waals surface area contributed by atoms with Crippen LogP contribution in [-0.2, 0) is 9.47 Å². The van der Waals surface area contributed by atoms with Crippen molar-refractivity contribution in [2.75, 3.05) is 19.7 Å². The van der Waals surface area contributed by atoms with Crippen molar-refractivity contribution >= 4 is 12.1 Å². The fourth-order valence-electron chi connectivity index (χ4n) is 2.53. The summed E-state index contributed by atoms with van der Waals surface area (Å²) in [4.78, 5) is 25.5. The van der Waals surface area contributed by atoms with E-state index in [0.717, 1.165) is 12.1 Å². The Morgan fingerprint density at radius 3 is 2.40 bits per heavy atom. The van der Waals surface area contributed by atoms with Gasteiger partial charge in [-0.25, -0.2) is 18.4 Å². The Balaban J connectivity index is 1.78. The lowest BCUT2D eigenvalue weighted by Crippen LogP contribution is -2.42. The lowest BCUT2D eigenvalue weighted by Gasteiger charge is -2.33. The van der Waals surface area contributed by atoms with E-state index in [1.54, 1.807) is 4.90 Å². The summed E-state index contributed by atoms with van der Waals surface area (Å²) >= 11 is 0. The molecule has 1 aromatic carbocycles. The molecule has 0 unspecified atom stereocenters. The highest BCUT2D eigenvalue weighted by Gasteiger charge is 2.27. The predicted molar refractivity (Wildman–Crippen MR) is 87.2 cm³/mol. The van der Waals surface area contributed by atoms with Crippen LogP contribution < -0.4 is 0 Å². The van der Waals surface area contributed by atoms with Gasteiger partial charge in [-0.15, -0.1) is 0 Å². The number of hydrogen-bond acceptors (Lipinski definition) is 4. The first-order chi connectivity index (χ1) is 11.7. The third kappa shape index (κ3) is 5.69. The summed E-state index contributed by atoms with van der Waals surface area (Å²) in [7, 11) is 0. The maximum atomic E-state index is 13.5. The number of piperidine rings is 1. The van der Waals surface area contributed by atoms with Gasteiger partial charge in [-0.1, -0.05) is 0 Å². The first kappa shape index (κ1) is 19.1. The molecule has 0 radical (unpaired) electrons. The van der Waals surface area contributed by atoms with E-state index in [1.165, 1.54) is 0 Å². The van der Waals surface area contributed by atoms with Crippen molar-refractivity contribution in [2.24, 2.45) is 5.92 Å². The smallest absolute Gasteiger partial charge is 0.410 e. The van der Waals surface area contributed by atoms with E-state index in [2.05, 4.69) is 0 Å². The van der Waals surface area contributed by atoms with Gasteiger partial charge in [0.25, 0.3) is 0 Å². The molecule has 1 aliphatic rings. The Bertz CT molecular complexity index is 634. The number of halogens is 2. The maximum absolute atomic E-state index is 13.5. The number of amides is 1. The average molecular weight is 355 g/mol. The van der Waals surface area contributed by atoms with Crippen LogP contribution in [-0.4, -0.2) is 42.3 Å². The Hall–Kier alpha value is -2.18. The molecule has 2 rings (SSSR count). The molecule has 0 aliphatic carbocycles. The van der Waals surface area contributed by atoms with Crippen molar-refractivity contribution in [2.45, 2.75) is 39.2 Å². The molecule has 138 valence electrons. The molecule has 0 aromatic heterocycles. The summed E-state index contributed by atoms with van der Waals surface area (Å²) in [6.07, 6.45) is 0.980. The lowest BCUT2D eigenvalue weighted by molar-refractivity contribution is 0.0114. The second-order valence-electron chi connectivity index (χ2n) is 7.13. The lowest BCUT2D eigenvalue weighted by atomic mass is 9.98. The summed E-state index contributed by atoms with van der Waals surface area (Å²) in [5.41, 5.74) is -0.824. The van der Waals surface area contributed by atoms with Gasteiger partial charge in [-0.05, 0) is 51.7 Å².